The van der Waals surface area contributed by atoms with Crippen molar-refractivity contribution in [3.63, 3.8) is 0 Å². The fourth-order valence-electron chi connectivity index (χ4n) is 3.79. The highest BCUT2D eigenvalue weighted by Gasteiger charge is 2.27. The first-order valence-electron chi connectivity index (χ1n) is 9.87. The van der Waals surface area contributed by atoms with Gasteiger partial charge in [0, 0.05) is 61.8 Å². The number of hydrogen-bond acceptors (Lipinski definition) is 8. The maximum Gasteiger partial charge on any atom is 0.269 e. The summed E-state index contributed by atoms with van der Waals surface area (Å²) < 4.78 is 0. The minimum atomic E-state index is -0.412. The molecule has 2 aromatic heterocycles. The monoisotopic (exact) mass is 405 g/mol. The molecular formula is C21H23N7O2. The Morgan fingerprint density at radius 3 is 2.73 bits per heavy atom. The van der Waals surface area contributed by atoms with Gasteiger partial charge in [-0.15, -0.1) is 5.10 Å². The van der Waals surface area contributed by atoms with Crippen molar-refractivity contribution >= 4 is 17.3 Å². The molecule has 0 N–H and O–H groups in total. The van der Waals surface area contributed by atoms with Crippen LogP contribution in [0.2, 0.25) is 0 Å². The molecule has 4 rings (SSSR count). The van der Waals surface area contributed by atoms with E-state index in [0.29, 0.717) is 11.9 Å². The van der Waals surface area contributed by atoms with Gasteiger partial charge in [0.2, 0.25) is 0 Å². The van der Waals surface area contributed by atoms with E-state index < -0.39 is 4.92 Å². The summed E-state index contributed by atoms with van der Waals surface area (Å²) >= 11 is 0. The Balaban J connectivity index is 1.54. The summed E-state index contributed by atoms with van der Waals surface area (Å²) in [5, 5.41) is 19.2. The molecule has 0 spiro atoms. The van der Waals surface area contributed by atoms with Gasteiger partial charge in [-0.25, -0.2) is 9.97 Å². The summed E-state index contributed by atoms with van der Waals surface area (Å²) in [6.45, 7) is 3.69. The van der Waals surface area contributed by atoms with Gasteiger partial charge in [0.05, 0.1) is 4.92 Å². The number of nitrogens with zero attached hydrogens (tertiary/aromatic N) is 7. The van der Waals surface area contributed by atoms with E-state index in [9.17, 15) is 10.1 Å². The van der Waals surface area contributed by atoms with Crippen LogP contribution in [0.5, 0.6) is 0 Å². The molecule has 1 aliphatic rings. The van der Waals surface area contributed by atoms with Gasteiger partial charge in [0.15, 0.2) is 11.6 Å². The van der Waals surface area contributed by atoms with Crippen molar-refractivity contribution < 1.29 is 4.92 Å². The van der Waals surface area contributed by atoms with E-state index in [4.69, 9.17) is 4.98 Å². The van der Waals surface area contributed by atoms with Crippen LogP contribution in [-0.2, 0) is 0 Å². The lowest BCUT2D eigenvalue weighted by atomic mass is 10.2. The number of nitro benzene ring substituents is 1. The number of aromatic nitrogens is 4. The Morgan fingerprint density at radius 2 is 2.03 bits per heavy atom. The van der Waals surface area contributed by atoms with Crippen molar-refractivity contribution in [1.29, 1.82) is 0 Å². The van der Waals surface area contributed by atoms with Crippen LogP contribution in [0.25, 0.3) is 11.4 Å². The van der Waals surface area contributed by atoms with E-state index in [2.05, 4.69) is 25.0 Å². The topological polar surface area (TPSA) is 101 Å². The van der Waals surface area contributed by atoms with Crippen LogP contribution in [-0.4, -0.2) is 51.3 Å². The third-order valence-electron chi connectivity index (χ3n) is 5.28. The quantitative estimate of drug-likeness (QED) is 0.455. The van der Waals surface area contributed by atoms with E-state index >= 15 is 0 Å². The second kappa shape index (κ2) is 8.40. The second-order valence-corrected chi connectivity index (χ2v) is 7.45. The van der Waals surface area contributed by atoms with Gasteiger partial charge < -0.3 is 9.80 Å². The third kappa shape index (κ3) is 4.19. The first kappa shape index (κ1) is 19.7. The molecule has 1 aromatic carbocycles. The highest BCUT2D eigenvalue weighted by atomic mass is 16.6. The molecule has 1 fully saturated rings. The van der Waals surface area contributed by atoms with Crippen molar-refractivity contribution in [2.75, 3.05) is 29.9 Å². The molecule has 9 heteroatoms. The predicted octanol–water partition coefficient (Wildman–Crippen LogP) is 3.26. The summed E-state index contributed by atoms with van der Waals surface area (Å²) in [4.78, 5) is 24.1. The Labute approximate surface area is 174 Å². The summed E-state index contributed by atoms with van der Waals surface area (Å²) in [5.41, 5.74) is 1.65. The van der Waals surface area contributed by atoms with Gasteiger partial charge >= 0.3 is 0 Å². The SMILES string of the molecule is Cc1cc(N(C)CC2CCCN2c2cccnn2)nc(-c2ccc([N+](=O)[O-])cc2)n1. The summed E-state index contributed by atoms with van der Waals surface area (Å²) in [5.74, 6) is 2.28. The van der Waals surface area contributed by atoms with E-state index in [1.54, 1.807) is 18.3 Å². The third-order valence-corrected chi connectivity index (χ3v) is 5.28. The Hall–Kier alpha value is -3.62. The lowest BCUT2D eigenvalue weighted by molar-refractivity contribution is -0.384. The molecule has 154 valence electrons. The average molecular weight is 405 g/mol. The summed E-state index contributed by atoms with van der Waals surface area (Å²) in [6.07, 6.45) is 3.89. The molecule has 1 saturated heterocycles. The fraction of sp³-hybridized carbons (Fsp3) is 0.333. The largest absolute Gasteiger partial charge is 0.357 e. The average Bonchev–Trinajstić information content (AvgIpc) is 3.22. The van der Waals surface area contributed by atoms with Crippen molar-refractivity contribution in [1.82, 2.24) is 20.2 Å². The molecule has 3 aromatic rings. The highest BCUT2D eigenvalue weighted by molar-refractivity contribution is 5.60. The van der Waals surface area contributed by atoms with Crippen molar-refractivity contribution in [3.8, 4) is 11.4 Å². The number of likely N-dealkylation sites (N-methyl/N-ethyl adjacent to an activating group) is 1. The molecule has 0 bridgehead atoms. The molecule has 0 radical (unpaired) electrons. The zero-order chi connectivity index (χ0) is 21.1. The van der Waals surface area contributed by atoms with Crippen LogP contribution in [0.15, 0.2) is 48.7 Å². The van der Waals surface area contributed by atoms with Gasteiger partial charge in [-0.1, -0.05) is 0 Å². The molecule has 3 heterocycles. The highest BCUT2D eigenvalue weighted by Crippen LogP contribution is 2.26. The zero-order valence-electron chi connectivity index (χ0n) is 17.0. The number of nitro groups is 1. The molecule has 30 heavy (non-hydrogen) atoms. The number of benzene rings is 1. The Kier molecular flexibility index (Phi) is 5.51. The first-order chi connectivity index (χ1) is 14.5. The minimum absolute atomic E-state index is 0.0501. The minimum Gasteiger partial charge on any atom is -0.357 e. The van der Waals surface area contributed by atoms with Crippen LogP contribution in [0.3, 0.4) is 0 Å². The molecule has 0 amide bonds. The summed E-state index contributed by atoms with van der Waals surface area (Å²) in [6, 6.07) is 12.5. The predicted molar refractivity (Wildman–Crippen MR) is 115 cm³/mol. The molecule has 9 nitrogen and oxygen atoms in total. The van der Waals surface area contributed by atoms with E-state index in [1.807, 2.05) is 32.2 Å². The lowest BCUT2D eigenvalue weighted by Gasteiger charge is -2.30. The molecule has 0 aliphatic carbocycles. The fourth-order valence-corrected chi connectivity index (χ4v) is 3.79. The standard InChI is InChI=1S/C21H23N7O2/c1-15-13-20(24-21(23-15)16-7-9-17(10-8-16)28(29)30)26(2)14-18-5-4-12-27(18)19-6-3-11-22-25-19/h3,6-11,13,18H,4-5,12,14H2,1-2H3. The first-order valence-corrected chi connectivity index (χ1v) is 9.87. The Bertz CT molecular complexity index is 1030. The Morgan fingerprint density at radius 1 is 1.23 bits per heavy atom. The van der Waals surface area contributed by atoms with Gasteiger partial charge in [-0.3, -0.25) is 10.1 Å². The normalized spacial score (nSPS) is 15.9. The van der Waals surface area contributed by atoms with Crippen LogP contribution in [0.1, 0.15) is 18.5 Å². The van der Waals surface area contributed by atoms with Crippen LogP contribution in [0, 0.1) is 17.0 Å². The van der Waals surface area contributed by atoms with Gasteiger partial charge in [-0.05, 0) is 44.0 Å². The van der Waals surface area contributed by atoms with Crippen molar-refractivity contribution in [3.05, 3.63) is 64.5 Å². The van der Waals surface area contributed by atoms with Crippen molar-refractivity contribution in [2.24, 2.45) is 0 Å². The van der Waals surface area contributed by atoms with Crippen molar-refractivity contribution in [2.45, 2.75) is 25.8 Å². The van der Waals surface area contributed by atoms with E-state index in [1.165, 1.54) is 12.1 Å². The maximum atomic E-state index is 10.9. The molecule has 1 unspecified atom stereocenters. The number of hydrogen-bond donors (Lipinski definition) is 0. The number of rotatable bonds is 6. The number of aryl methyl sites for hydroxylation is 1. The van der Waals surface area contributed by atoms with Crippen LogP contribution < -0.4 is 9.80 Å². The van der Waals surface area contributed by atoms with Crippen LogP contribution in [0.4, 0.5) is 17.3 Å². The maximum absolute atomic E-state index is 10.9. The smallest absolute Gasteiger partial charge is 0.269 e. The van der Waals surface area contributed by atoms with Crippen LogP contribution >= 0.6 is 0 Å². The van der Waals surface area contributed by atoms with Gasteiger partial charge in [0.25, 0.3) is 5.69 Å². The zero-order valence-corrected chi connectivity index (χ0v) is 17.0. The molecule has 1 aliphatic heterocycles. The number of anilines is 2. The van der Waals surface area contributed by atoms with Gasteiger partial charge in [-0.2, -0.15) is 5.10 Å². The molecule has 0 saturated carbocycles. The number of non-ortho nitro benzene ring substituents is 1. The van der Waals surface area contributed by atoms with E-state index in [0.717, 1.165) is 48.8 Å². The molecule has 1 atom stereocenters. The lowest BCUT2D eigenvalue weighted by Crippen LogP contribution is -2.39. The van der Waals surface area contributed by atoms with Gasteiger partial charge in [0.1, 0.15) is 5.82 Å². The summed E-state index contributed by atoms with van der Waals surface area (Å²) in [7, 11) is 2.02. The van der Waals surface area contributed by atoms with E-state index in [-0.39, 0.29) is 5.69 Å². The second-order valence-electron chi connectivity index (χ2n) is 7.45. The molecular weight excluding hydrogens is 382 g/mol.